The molecule has 0 saturated carbocycles. The summed E-state index contributed by atoms with van der Waals surface area (Å²) in [7, 11) is 0. The quantitative estimate of drug-likeness (QED) is 0.0200. The van der Waals surface area contributed by atoms with Gasteiger partial charge in [-0.1, -0.05) is 226 Å². The molecule has 0 N–H and O–H groups in total. The predicted octanol–water partition coefficient (Wildman–Crippen LogP) is 16.0. The number of allylic oxidation sites excluding steroid dienone is 18. The molecule has 344 valence electrons. The van der Waals surface area contributed by atoms with E-state index in [-0.39, 0.29) is 31.1 Å². The number of rotatable bonds is 42. The molecule has 61 heavy (non-hydrogen) atoms. The second-order valence-corrected chi connectivity index (χ2v) is 15.8. The average Bonchev–Trinajstić information content (AvgIpc) is 3.26. The molecule has 0 aliphatic rings. The number of esters is 3. The Balaban J connectivity index is 4.50. The smallest absolute Gasteiger partial charge is 0.306 e. The Kier molecular flexibility index (Phi) is 45.6. The summed E-state index contributed by atoms with van der Waals surface area (Å²) >= 11 is 0. The van der Waals surface area contributed by atoms with Crippen LogP contribution in [-0.4, -0.2) is 37.2 Å². The molecule has 0 saturated heterocycles. The van der Waals surface area contributed by atoms with E-state index >= 15 is 0 Å². The molecule has 0 aromatic carbocycles. The summed E-state index contributed by atoms with van der Waals surface area (Å²) in [5.74, 6) is -0.969. The number of carbonyl (C=O) groups excluding carboxylic acids is 3. The van der Waals surface area contributed by atoms with Gasteiger partial charge in [-0.25, -0.2) is 0 Å². The lowest BCUT2D eigenvalue weighted by atomic mass is 10.0. The van der Waals surface area contributed by atoms with E-state index in [2.05, 4.69) is 57.2 Å². The first kappa shape index (κ1) is 57.1. The molecule has 1 unspecified atom stereocenters. The Labute approximate surface area is 374 Å². The van der Waals surface area contributed by atoms with Crippen molar-refractivity contribution < 1.29 is 28.6 Å². The molecule has 0 rings (SSSR count). The number of hydrogen-bond acceptors (Lipinski definition) is 6. The third kappa shape index (κ3) is 47.0. The molecule has 0 aromatic heterocycles. The Hall–Kier alpha value is -3.93. The molecule has 0 radical (unpaired) electrons. The molecule has 0 aromatic rings. The molecule has 0 amide bonds. The summed E-state index contributed by atoms with van der Waals surface area (Å²) in [4.78, 5) is 37.9. The molecule has 1 atom stereocenters. The molecule has 6 nitrogen and oxygen atoms in total. The van der Waals surface area contributed by atoms with Crippen LogP contribution in [0, 0.1) is 0 Å². The zero-order chi connectivity index (χ0) is 44.4. The van der Waals surface area contributed by atoms with Crippen LogP contribution in [-0.2, 0) is 28.6 Å². The van der Waals surface area contributed by atoms with Crippen LogP contribution in [0.2, 0.25) is 0 Å². The first-order valence-electron chi connectivity index (χ1n) is 24.5. The van der Waals surface area contributed by atoms with Gasteiger partial charge in [-0.3, -0.25) is 14.4 Å². The van der Waals surface area contributed by atoms with Gasteiger partial charge >= 0.3 is 17.9 Å². The third-order valence-electron chi connectivity index (χ3n) is 9.97. The monoisotopic (exact) mass is 845 g/mol. The van der Waals surface area contributed by atoms with E-state index in [0.29, 0.717) is 19.3 Å². The SMILES string of the molecule is CC\C=C/C=C\C=C/C=C\C=C\C=C/C=C\CCCCCC(=O)OCC(COC(=O)CCCCCCCCCCCCCC)OC(=O)CCCCCCC/C=C\C/C=C\CC. The summed E-state index contributed by atoms with van der Waals surface area (Å²) in [6.45, 7) is 6.31. The number of hydrogen-bond donors (Lipinski definition) is 0. The highest BCUT2D eigenvalue weighted by atomic mass is 16.6. The van der Waals surface area contributed by atoms with Crippen molar-refractivity contribution in [1.29, 1.82) is 0 Å². The van der Waals surface area contributed by atoms with E-state index in [0.717, 1.165) is 103 Å². The molecule has 0 fully saturated rings. The third-order valence-corrected chi connectivity index (χ3v) is 9.97. The highest BCUT2D eigenvalue weighted by molar-refractivity contribution is 5.71. The van der Waals surface area contributed by atoms with Gasteiger partial charge in [0, 0.05) is 19.3 Å². The summed E-state index contributed by atoms with van der Waals surface area (Å²) < 4.78 is 16.7. The minimum Gasteiger partial charge on any atom is -0.462 e. The summed E-state index contributed by atoms with van der Waals surface area (Å²) in [6.07, 6.45) is 64.9. The fourth-order valence-corrected chi connectivity index (χ4v) is 6.34. The molecule has 0 heterocycles. The van der Waals surface area contributed by atoms with Crippen molar-refractivity contribution in [2.24, 2.45) is 0 Å². The van der Waals surface area contributed by atoms with Crippen molar-refractivity contribution in [3.63, 3.8) is 0 Å². The van der Waals surface area contributed by atoms with E-state index in [9.17, 15) is 14.4 Å². The van der Waals surface area contributed by atoms with E-state index in [1.165, 1.54) is 57.8 Å². The minimum absolute atomic E-state index is 0.0995. The van der Waals surface area contributed by atoms with Gasteiger partial charge in [0.2, 0.25) is 0 Å². The van der Waals surface area contributed by atoms with Gasteiger partial charge in [-0.15, -0.1) is 0 Å². The highest BCUT2D eigenvalue weighted by Gasteiger charge is 2.19. The van der Waals surface area contributed by atoms with Crippen LogP contribution < -0.4 is 0 Å². The zero-order valence-electron chi connectivity index (χ0n) is 39.1. The Morgan fingerprint density at radius 3 is 1.20 bits per heavy atom. The van der Waals surface area contributed by atoms with Gasteiger partial charge in [-0.05, 0) is 64.2 Å². The standard InChI is InChI=1S/C55H88O6/c1-4-7-10-13-16-19-22-25-26-27-28-29-30-31-34-36-39-42-45-48-54(57)60-51-52(61-55(58)49-46-43-40-37-33-24-21-18-15-12-9-6-3)50-59-53(56)47-44-41-38-35-32-23-20-17-14-11-8-5-2/h7,9-10,12-13,16,18-19,21-22,25-31,34,52H,4-6,8,11,14-15,17,20,23-24,32-33,35-51H2,1-3H3/b10-7-,12-9-,16-13-,21-18-,22-19-,26-25-,28-27+,30-29-,34-31-. The molecular weight excluding hydrogens is 757 g/mol. The van der Waals surface area contributed by atoms with Crippen molar-refractivity contribution in [2.75, 3.05) is 13.2 Å². The van der Waals surface area contributed by atoms with Crippen molar-refractivity contribution >= 4 is 17.9 Å². The number of ether oxygens (including phenoxy) is 3. The Morgan fingerprint density at radius 2 is 0.721 bits per heavy atom. The van der Waals surface area contributed by atoms with Crippen molar-refractivity contribution in [3.05, 3.63) is 109 Å². The molecule has 0 aliphatic heterocycles. The van der Waals surface area contributed by atoms with Crippen molar-refractivity contribution in [2.45, 2.75) is 207 Å². The van der Waals surface area contributed by atoms with Gasteiger partial charge in [-0.2, -0.15) is 0 Å². The lowest BCUT2D eigenvalue weighted by molar-refractivity contribution is -0.167. The van der Waals surface area contributed by atoms with Crippen LogP contribution in [0.3, 0.4) is 0 Å². The first-order chi connectivity index (χ1) is 30.0. The maximum absolute atomic E-state index is 12.7. The normalized spacial score (nSPS) is 13.0. The van der Waals surface area contributed by atoms with Gasteiger partial charge in [0.05, 0.1) is 0 Å². The minimum atomic E-state index is -0.803. The van der Waals surface area contributed by atoms with Gasteiger partial charge in [0.1, 0.15) is 13.2 Å². The van der Waals surface area contributed by atoms with Crippen LogP contribution in [0.15, 0.2) is 109 Å². The summed E-state index contributed by atoms with van der Waals surface area (Å²) in [5, 5.41) is 0. The van der Waals surface area contributed by atoms with Gasteiger partial charge < -0.3 is 14.2 Å². The molecule has 0 spiro atoms. The highest BCUT2D eigenvalue weighted by Crippen LogP contribution is 2.14. The molecule has 6 heteroatoms. The lowest BCUT2D eigenvalue weighted by Gasteiger charge is -2.18. The van der Waals surface area contributed by atoms with Crippen LogP contribution in [0.4, 0.5) is 0 Å². The average molecular weight is 845 g/mol. The number of carbonyl (C=O) groups is 3. The van der Waals surface area contributed by atoms with Crippen LogP contribution in [0.25, 0.3) is 0 Å². The van der Waals surface area contributed by atoms with E-state index in [1.807, 2.05) is 72.9 Å². The maximum atomic E-state index is 12.7. The van der Waals surface area contributed by atoms with Crippen LogP contribution in [0.5, 0.6) is 0 Å². The van der Waals surface area contributed by atoms with E-state index in [1.54, 1.807) is 0 Å². The van der Waals surface area contributed by atoms with Crippen LogP contribution >= 0.6 is 0 Å². The largest absolute Gasteiger partial charge is 0.462 e. The van der Waals surface area contributed by atoms with Gasteiger partial charge in [0.25, 0.3) is 0 Å². The second kappa shape index (κ2) is 48.7. The summed E-state index contributed by atoms with van der Waals surface area (Å²) in [6, 6.07) is 0. The number of unbranched alkanes of at least 4 members (excludes halogenated alkanes) is 19. The molecule has 0 bridgehead atoms. The van der Waals surface area contributed by atoms with Crippen molar-refractivity contribution in [3.8, 4) is 0 Å². The Bertz CT molecular complexity index is 1290. The van der Waals surface area contributed by atoms with E-state index < -0.39 is 6.10 Å². The molecule has 0 aliphatic carbocycles. The first-order valence-corrected chi connectivity index (χ1v) is 24.5. The predicted molar refractivity (Wildman–Crippen MR) is 260 cm³/mol. The zero-order valence-corrected chi connectivity index (χ0v) is 39.1. The Morgan fingerprint density at radius 1 is 0.361 bits per heavy atom. The fraction of sp³-hybridized carbons (Fsp3) is 0.618. The van der Waals surface area contributed by atoms with E-state index in [4.69, 9.17) is 14.2 Å². The van der Waals surface area contributed by atoms with Gasteiger partial charge in [0.15, 0.2) is 6.10 Å². The molecular formula is C55H88O6. The maximum Gasteiger partial charge on any atom is 0.306 e. The van der Waals surface area contributed by atoms with Crippen LogP contribution in [0.1, 0.15) is 201 Å². The summed E-state index contributed by atoms with van der Waals surface area (Å²) in [5.41, 5.74) is 0. The topological polar surface area (TPSA) is 78.9 Å². The fourth-order valence-electron chi connectivity index (χ4n) is 6.34. The lowest BCUT2D eigenvalue weighted by Crippen LogP contribution is -2.30. The second-order valence-electron chi connectivity index (χ2n) is 15.8. The van der Waals surface area contributed by atoms with Crippen molar-refractivity contribution in [1.82, 2.24) is 0 Å².